The first-order valence-electron chi connectivity index (χ1n) is 6.99. The van der Waals surface area contributed by atoms with Gasteiger partial charge in [-0.25, -0.2) is 13.6 Å². The lowest BCUT2D eigenvalue weighted by atomic mass is 9.98. The molecule has 120 valence electrons. The second-order valence-corrected chi connectivity index (χ2v) is 6.45. The minimum Gasteiger partial charge on any atom is -0.479 e. The SMILES string of the molecule is O=C(CCCc1ccc(F)c(F)c1)NC1(C(=O)O)CCSC1. The Kier molecular flexibility index (Phi) is 5.39. The van der Waals surface area contributed by atoms with Crippen molar-refractivity contribution in [1.82, 2.24) is 5.32 Å². The molecule has 22 heavy (non-hydrogen) atoms. The number of rotatable bonds is 6. The summed E-state index contributed by atoms with van der Waals surface area (Å²) in [5, 5.41) is 11.9. The highest BCUT2D eigenvalue weighted by atomic mass is 32.2. The van der Waals surface area contributed by atoms with Crippen LogP contribution in [-0.4, -0.2) is 34.0 Å². The van der Waals surface area contributed by atoms with Crippen molar-refractivity contribution in [2.24, 2.45) is 0 Å². The van der Waals surface area contributed by atoms with Crippen LogP contribution in [-0.2, 0) is 16.0 Å². The standard InChI is InChI=1S/C15H17F2NO3S/c16-11-5-4-10(8-12(11)17)2-1-3-13(19)18-15(14(20)21)6-7-22-9-15/h4-5,8H,1-3,6-7,9H2,(H,18,19)(H,20,21). The van der Waals surface area contributed by atoms with Gasteiger partial charge in [-0.05, 0) is 42.7 Å². The van der Waals surface area contributed by atoms with E-state index in [1.165, 1.54) is 17.8 Å². The zero-order valence-corrected chi connectivity index (χ0v) is 12.7. The van der Waals surface area contributed by atoms with Crippen LogP contribution in [0.25, 0.3) is 0 Å². The van der Waals surface area contributed by atoms with Crippen LogP contribution in [0.15, 0.2) is 18.2 Å². The number of amides is 1. The smallest absolute Gasteiger partial charge is 0.330 e. The highest BCUT2D eigenvalue weighted by Gasteiger charge is 2.43. The van der Waals surface area contributed by atoms with Gasteiger partial charge in [-0.2, -0.15) is 11.8 Å². The van der Waals surface area contributed by atoms with Crippen molar-refractivity contribution in [2.45, 2.75) is 31.2 Å². The Morgan fingerprint density at radius 1 is 1.32 bits per heavy atom. The van der Waals surface area contributed by atoms with E-state index >= 15 is 0 Å². The molecular formula is C15H17F2NO3S. The number of halogens is 2. The lowest BCUT2D eigenvalue weighted by molar-refractivity contribution is -0.146. The van der Waals surface area contributed by atoms with Crippen LogP contribution in [0.1, 0.15) is 24.8 Å². The molecule has 1 aliphatic rings. The van der Waals surface area contributed by atoms with E-state index in [1.54, 1.807) is 0 Å². The Labute approximate surface area is 131 Å². The first-order valence-corrected chi connectivity index (χ1v) is 8.14. The van der Waals surface area contributed by atoms with Crippen LogP contribution in [0.4, 0.5) is 8.78 Å². The molecule has 1 aliphatic heterocycles. The molecule has 1 atom stereocenters. The van der Waals surface area contributed by atoms with Gasteiger partial charge in [0.2, 0.25) is 5.91 Å². The highest BCUT2D eigenvalue weighted by Crippen LogP contribution is 2.28. The van der Waals surface area contributed by atoms with Gasteiger partial charge in [-0.15, -0.1) is 0 Å². The molecule has 1 fully saturated rings. The molecule has 0 aliphatic carbocycles. The monoisotopic (exact) mass is 329 g/mol. The summed E-state index contributed by atoms with van der Waals surface area (Å²) in [4.78, 5) is 23.2. The number of carboxylic acid groups (broad SMARTS) is 1. The lowest BCUT2D eigenvalue weighted by Crippen LogP contribution is -2.54. The van der Waals surface area contributed by atoms with E-state index in [0.717, 1.165) is 12.1 Å². The molecule has 4 nitrogen and oxygen atoms in total. The minimum absolute atomic E-state index is 0.151. The highest BCUT2D eigenvalue weighted by molar-refractivity contribution is 7.99. The van der Waals surface area contributed by atoms with Gasteiger partial charge in [0.15, 0.2) is 11.6 Å². The van der Waals surface area contributed by atoms with E-state index < -0.39 is 23.1 Å². The van der Waals surface area contributed by atoms with E-state index in [9.17, 15) is 23.5 Å². The summed E-state index contributed by atoms with van der Waals surface area (Å²) >= 11 is 1.50. The number of aliphatic carboxylic acids is 1. The zero-order valence-electron chi connectivity index (χ0n) is 11.9. The van der Waals surface area contributed by atoms with Crippen molar-refractivity contribution in [2.75, 3.05) is 11.5 Å². The quantitative estimate of drug-likeness (QED) is 0.841. The molecule has 7 heteroatoms. The third-order valence-corrected chi connectivity index (χ3v) is 4.85. The number of hydrogen-bond acceptors (Lipinski definition) is 3. The van der Waals surface area contributed by atoms with Gasteiger partial charge in [0, 0.05) is 12.2 Å². The van der Waals surface area contributed by atoms with E-state index in [0.29, 0.717) is 36.3 Å². The summed E-state index contributed by atoms with van der Waals surface area (Å²) in [6.45, 7) is 0. The number of hydrogen-bond donors (Lipinski definition) is 2. The molecular weight excluding hydrogens is 312 g/mol. The molecule has 2 N–H and O–H groups in total. The number of carbonyl (C=O) groups excluding carboxylic acids is 1. The summed E-state index contributed by atoms with van der Waals surface area (Å²) in [5.41, 5.74) is -0.555. The number of benzene rings is 1. The Balaban J connectivity index is 1.82. The molecule has 0 aromatic heterocycles. The van der Waals surface area contributed by atoms with Crippen molar-refractivity contribution in [3.63, 3.8) is 0 Å². The minimum atomic E-state index is -1.16. The maximum Gasteiger partial charge on any atom is 0.330 e. The summed E-state index contributed by atoms with van der Waals surface area (Å²) in [6, 6.07) is 3.64. The summed E-state index contributed by atoms with van der Waals surface area (Å²) in [7, 11) is 0. The average Bonchev–Trinajstić information content (AvgIpc) is 2.92. The zero-order chi connectivity index (χ0) is 16.2. The van der Waals surface area contributed by atoms with Gasteiger partial charge >= 0.3 is 5.97 Å². The molecule has 0 saturated carbocycles. The Morgan fingerprint density at radius 3 is 2.68 bits per heavy atom. The van der Waals surface area contributed by atoms with Gasteiger partial charge < -0.3 is 10.4 Å². The normalized spacial score (nSPS) is 20.8. The Hall–Kier alpha value is -1.63. The van der Waals surface area contributed by atoms with E-state index in [-0.39, 0.29) is 12.3 Å². The van der Waals surface area contributed by atoms with Crippen molar-refractivity contribution in [1.29, 1.82) is 0 Å². The van der Waals surface area contributed by atoms with Gasteiger partial charge in [0.05, 0.1) is 0 Å². The van der Waals surface area contributed by atoms with Gasteiger partial charge in [-0.1, -0.05) is 6.07 Å². The van der Waals surface area contributed by atoms with Crippen LogP contribution >= 0.6 is 11.8 Å². The third-order valence-electron chi connectivity index (χ3n) is 3.66. The van der Waals surface area contributed by atoms with E-state index in [4.69, 9.17) is 0 Å². The topological polar surface area (TPSA) is 66.4 Å². The molecule has 1 amide bonds. The van der Waals surface area contributed by atoms with Crippen LogP contribution < -0.4 is 5.32 Å². The fourth-order valence-electron chi connectivity index (χ4n) is 2.36. The maximum absolute atomic E-state index is 13.1. The summed E-state index contributed by atoms with van der Waals surface area (Å²) in [5.74, 6) is -2.06. The van der Waals surface area contributed by atoms with Crippen molar-refractivity contribution in [3.05, 3.63) is 35.4 Å². The fourth-order valence-corrected chi connectivity index (χ4v) is 3.69. The second-order valence-electron chi connectivity index (χ2n) is 5.34. The first kappa shape index (κ1) is 16.7. The Morgan fingerprint density at radius 2 is 2.09 bits per heavy atom. The summed E-state index contributed by atoms with van der Waals surface area (Å²) < 4.78 is 25.9. The molecule has 1 aromatic carbocycles. The second kappa shape index (κ2) is 7.09. The molecule has 0 radical (unpaired) electrons. The number of carboxylic acids is 1. The van der Waals surface area contributed by atoms with Crippen LogP contribution in [0.5, 0.6) is 0 Å². The van der Waals surface area contributed by atoms with Crippen LogP contribution in [0.2, 0.25) is 0 Å². The molecule has 1 saturated heterocycles. The number of thioether (sulfide) groups is 1. The lowest BCUT2D eigenvalue weighted by Gasteiger charge is -2.24. The number of aryl methyl sites for hydroxylation is 1. The fraction of sp³-hybridized carbons (Fsp3) is 0.467. The third kappa shape index (κ3) is 3.97. The molecule has 1 unspecified atom stereocenters. The average molecular weight is 329 g/mol. The van der Waals surface area contributed by atoms with Gasteiger partial charge in [-0.3, -0.25) is 4.79 Å². The number of carbonyl (C=O) groups is 2. The molecule has 0 bridgehead atoms. The largest absolute Gasteiger partial charge is 0.479 e. The predicted molar refractivity (Wildman–Crippen MR) is 79.7 cm³/mol. The van der Waals surface area contributed by atoms with Crippen LogP contribution in [0, 0.1) is 11.6 Å². The number of nitrogens with one attached hydrogen (secondary N) is 1. The molecule has 1 aromatic rings. The predicted octanol–water partition coefficient (Wildman–Crippen LogP) is 2.36. The van der Waals surface area contributed by atoms with Crippen molar-refractivity contribution in [3.8, 4) is 0 Å². The van der Waals surface area contributed by atoms with E-state index in [1.807, 2.05) is 0 Å². The van der Waals surface area contributed by atoms with Gasteiger partial charge in [0.1, 0.15) is 5.54 Å². The Bertz CT molecular complexity index is 574. The molecule has 0 spiro atoms. The van der Waals surface area contributed by atoms with Crippen molar-refractivity contribution >= 4 is 23.6 Å². The van der Waals surface area contributed by atoms with Crippen LogP contribution in [0.3, 0.4) is 0 Å². The van der Waals surface area contributed by atoms with Gasteiger partial charge in [0.25, 0.3) is 0 Å². The van der Waals surface area contributed by atoms with Crippen molar-refractivity contribution < 1.29 is 23.5 Å². The first-order chi connectivity index (χ1) is 10.4. The summed E-state index contributed by atoms with van der Waals surface area (Å²) in [6.07, 6.45) is 1.44. The molecule has 1 heterocycles. The maximum atomic E-state index is 13.1. The van der Waals surface area contributed by atoms with E-state index in [2.05, 4.69) is 5.32 Å². The molecule has 2 rings (SSSR count).